The average Bonchev–Trinajstić information content (AvgIpc) is 2.55. The number of aliphatic hydroxyl groups excluding tert-OH is 1. The van der Waals surface area contributed by atoms with Gasteiger partial charge in [-0.2, -0.15) is 5.26 Å². The van der Waals surface area contributed by atoms with Crippen molar-refractivity contribution in [3.8, 4) is 11.8 Å². The minimum Gasteiger partial charge on any atom is -0.496 e. The van der Waals surface area contributed by atoms with Crippen LogP contribution in [0.2, 0.25) is 0 Å². The first kappa shape index (κ1) is 15.0. The summed E-state index contributed by atoms with van der Waals surface area (Å²) in [4.78, 5) is 0. The number of aliphatic hydroxyl groups is 1. The predicted octanol–water partition coefficient (Wildman–Crippen LogP) is 2.39. The van der Waals surface area contributed by atoms with E-state index in [1.54, 1.807) is 19.2 Å². The van der Waals surface area contributed by atoms with E-state index in [2.05, 4.69) is 11.4 Å². The fourth-order valence-electron chi connectivity index (χ4n) is 2.10. The van der Waals surface area contributed by atoms with E-state index in [1.807, 2.05) is 36.4 Å². The summed E-state index contributed by atoms with van der Waals surface area (Å²) in [6, 6.07) is 16.9. The lowest BCUT2D eigenvalue weighted by Gasteiger charge is -2.15. The van der Waals surface area contributed by atoms with E-state index in [0.29, 0.717) is 24.4 Å². The molecule has 0 aliphatic rings. The Bertz CT molecular complexity index is 617. The topological polar surface area (TPSA) is 65.3 Å². The first-order chi connectivity index (χ1) is 10.2. The molecule has 2 aromatic carbocycles. The molecule has 0 heterocycles. The van der Waals surface area contributed by atoms with Crippen LogP contribution in [0, 0.1) is 11.3 Å². The van der Waals surface area contributed by atoms with E-state index < -0.39 is 6.10 Å². The molecular weight excluding hydrogens is 264 g/mol. The van der Waals surface area contributed by atoms with Gasteiger partial charge in [0, 0.05) is 18.7 Å². The fraction of sp³-hybridized carbons (Fsp3) is 0.235. The van der Waals surface area contributed by atoms with Crippen molar-refractivity contribution >= 4 is 0 Å². The van der Waals surface area contributed by atoms with Crippen LogP contribution in [-0.2, 0) is 6.54 Å². The van der Waals surface area contributed by atoms with Crippen LogP contribution in [0.25, 0.3) is 0 Å². The van der Waals surface area contributed by atoms with Gasteiger partial charge < -0.3 is 15.2 Å². The van der Waals surface area contributed by atoms with Crippen molar-refractivity contribution in [2.75, 3.05) is 13.7 Å². The van der Waals surface area contributed by atoms with E-state index in [1.165, 1.54) is 0 Å². The average molecular weight is 282 g/mol. The van der Waals surface area contributed by atoms with E-state index in [9.17, 15) is 5.11 Å². The van der Waals surface area contributed by atoms with E-state index >= 15 is 0 Å². The van der Waals surface area contributed by atoms with Crippen molar-refractivity contribution in [3.63, 3.8) is 0 Å². The molecule has 0 spiro atoms. The molecule has 0 saturated carbocycles. The van der Waals surface area contributed by atoms with Crippen LogP contribution in [0.5, 0.6) is 5.75 Å². The monoisotopic (exact) mass is 282 g/mol. The largest absolute Gasteiger partial charge is 0.496 e. The number of hydrogen-bond donors (Lipinski definition) is 2. The predicted molar refractivity (Wildman–Crippen MR) is 80.8 cm³/mol. The maximum atomic E-state index is 10.2. The molecule has 108 valence electrons. The summed E-state index contributed by atoms with van der Waals surface area (Å²) in [7, 11) is 1.59. The highest BCUT2D eigenvalue weighted by Gasteiger charge is 2.11. The molecule has 0 amide bonds. The van der Waals surface area contributed by atoms with Crippen LogP contribution in [0.1, 0.15) is 22.8 Å². The molecule has 2 N–H and O–H groups in total. The van der Waals surface area contributed by atoms with Gasteiger partial charge in [0.05, 0.1) is 24.8 Å². The molecule has 2 aromatic rings. The van der Waals surface area contributed by atoms with Gasteiger partial charge in [-0.15, -0.1) is 0 Å². The molecular formula is C17H18N2O2. The van der Waals surface area contributed by atoms with Crippen LogP contribution in [0.3, 0.4) is 0 Å². The Morgan fingerprint density at radius 3 is 2.57 bits per heavy atom. The molecule has 4 nitrogen and oxygen atoms in total. The number of para-hydroxylation sites is 1. The Labute approximate surface area is 124 Å². The van der Waals surface area contributed by atoms with Gasteiger partial charge in [0.15, 0.2) is 0 Å². The van der Waals surface area contributed by atoms with E-state index in [0.717, 1.165) is 11.1 Å². The smallest absolute Gasteiger partial charge is 0.124 e. The maximum absolute atomic E-state index is 10.2. The molecule has 21 heavy (non-hydrogen) atoms. The summed E-state index contributed by atoms with van der Waals surface area (Å²) < 4.78 is 5.24. The summed E-state index contributed by atoms with van der Waals surface area (Å²) in [6.07, 6.45) is -0.625. The van der Waals surface area contributed by atoms with Gasteiger partial charge in [-0.05, 0) is 23.8 Å². The zero-order valence-corrected chi connectivity index (χ0v) is 11.9. The third kappa shape index (κ3) is 4.06. The Balaban J connectivity index is 1.89. The van der Waals surface area contributed by atoms with Crippen LogP contribution < -0.4 is 10.1 Å². The Morgan fingerprint density at radius 1 is 1.19 bits per heavy atom. The number of hydrogen-bond acceptors (Lipinski definition) is 4. The van der Waals surface area contributed by atoms with Gasteiger partial charge in [-0.25, -0.2) is 0 Å². The minimum atomic E-state index is -0.625. The first-order valence-corrected chi connectivity index (χ1v) is 6.75. The van der Waals surface area contributed by atoms with Gasteiger partial charge in [0.2, 0.25) is 0 Å². The maximum Gasteiger partial charge on any atom is 0.124 e. The van der Waals surface area contributed by atoms with E-state index in [-0.39, 0.29) is 0 Å². The number of nitriles is 1. The molecule has 0 bridgehead atoms. The highest BCUT2D eigenvalue weighted by molar-refractivity contribution is 5.35. The molecule has 0 unspecified atom stereocenters. The van der Waals surface area contributed by atoms with Crippen LogP contribution >= 0.6 is 0 Å². The van der Waals surface area contributed by atoms with Crippen molar-refractivity contribution in [2.24, 2.45) is 0 Å². The molecule has 4 heteroatoms. The van der Waals surface area contributed by atoms with Gasteiger partial charge in [0.25, 0.3) is 0 Å². The number of nitrogens with zero attached hydrogens (tertiary/aromatic N) is 1. The lowest BCUT2D eigenvalue weighted by atomic mass is 10.1. The number of ether oxygens (including phenoxy) is 1. The van der Waals surface area contributed by atoms with Crippen molar-refractivity contribution < 1.29 is 9.84 Å². The standard InChI is InChI=1S/C17H18N2O2/c1-21-17-5-3-2-4-15(17)16(20)12-19-11-14-8-6-13(10-18)7-9-14/h2-9,16,19-20H,11-12H2,1H3/t16-/m1/s1. The van der Waals surface area contributed by atoms with Gasteiger partial charge in [-0.3, -0.25) is 0 Å². The SMILES string of the molecule is COc1ccccc1[C@H](O)CNCc1ccc(C#N)cc1. The molecule has 1 atom stereocenters. The highest BCUT2D eigenvalue weighted by Crippen LogP contribution is 2.24. The lowest BCUT2D eigenvalue weighted by molar-refractivity contribution is 0.170. The number of rotatable bonds is 6. The summed E-state index contributed by atoms with van der Waals surface area (Å²) in [6.45, 7) is 1.07. The van der Waals surface area contributed by atoms with Crippen molar-refractivity contribution in [1.29, 1.82) is 5.26 Å². The lowest BCUT2D eigenvalue weighted by Crippen LogP contribution is -2.21. The number of nitrogens with one attached hydrogen (secondary N) is 1. The second kappa shape index (κ2) is 7.44. The Kier molecular flexibility index (Phi) is 5.33. The molecule has 0 aliphatic heterocycles. The summed E-state index contributed by atoms with van der Waals surface area (Å²) in [5.41, 5.74) is 2.49. The fourth-order valence-corrected chi connectivity index (χ4v) is 2.10. The molecule has 0 radical (unpaired) electrons. The third-order valence-electron chi connectivity index (χ3n) is 3.25. The quantitative estimate of drug-likeness (QED) is 0.854. The van der Waals surface area contributed by atoms with Gasteiger partial charge in [0.1, 0.15) is 5.75 Å². The van der Waals surface area contributed by atoms with Crippen LogP contribution in [0.15, 0.2) is 48.5 Å². The third-order valence-corrected chi connectivity index (χ3v) is 3.25. The number of benzene rings is 2. The first-order valence-electron chi connectivity index (χ1n) is 6.75. The van der Waals surface area contributed by atoms with E-state index in [4.69, 9.17) is 10.00 Å². The Morgan fingerprint density at radius 2 is 1.90 bits per heavy atom. The zero-order chi connectivity index (χ0) is 15.1. The second-order valence-electron chi connectivity index (χ2n) is 4.70. The van der Waals surface area contributed by atoms with Crippen molar-refractivity contribution in [3.05, 3.63) is 65.2 Å². The van der Waals surface area contributed by atoms with Crippen molar-refractivity contribution in [2.45, 2.75) is 12.6 Å². The normalized spacial score (nSPS) is 11.7. The highest BCUT2D eigenvalue weighted by atomic mass is 16.5. The molecule has 2 rings (SSSR count). The van der Waals surface area contributed by atoms with Crippen LogP contribution in [-0.4, -0.2) is 18.8 Å². The number of methoxy groups -OCH3 is 1. The van der Waals surface area contributed by atoms with Crippen LogP contribution in [0.4, 0.5) is 0 Å². The molecule has 0 fully saturated rings. The zero-order valence-electron chi connectivity index (χ0n) is 11.9. The van der Waals surface area contributed by atoms with Gasteiger partial charge >= 0.3 is 0 Å². The van der Waals surface area contributed by atoms with Gasteiger partial charge in [-0.1, -0.05) is 30.3 Å². The summed E-state index contributed by atoms with van der Waals surface area (Å²) in [5, 5.41) is 22.1. The minimum absolute atomic E-state index is 0.431. The summed E-state index contributed by atoms with van der Waals surface area (Å²) in [5.74, 6) is 0.685. The molecule has 0 saturated heterocycles. The Hall–Kier alpha value is -2.35. The van der Waals surface area contributed by atoms with Crippen molar-refractivity contribution in [1.82, 2.24) is 5.32 Å². The summed E-state index contributed by atoms with van der Waals surface area (Å²) >= 11 is 0. The second-order valence-corrected chi connectivity index (χ2v) is 4.70. The molecule has 0 aliphatic carbocycles. The molecule has 0 aromatic heterocycles.